The van der Waals surface area contributed by atoms with Gasteiger partial charge in [-0.3, -0.25) is 9.51 Å². The van der Waals surface area contributed by atoms with E-state index < -0.39 is 11.6 Å². The standard InChI is InChI=1S/C24H23FN4O4/c1-14-11-20(32-13-21-27-24(31)33-28-21)22(25)15(2)18(14)12-16-9-10-19(30)23(26-16)29(3)17-7-5-4-6-8-17/h4-11,30H,12-13H2,1-3H3,(H,27,28,31). The van der Waals surface area contributed by atoms with E-state index in [0.717, 1.165) is 16.8 Å². The van der Waals surface area contributed by atoms with E-state index in [-0.39, 0.29) is 23.9 Å². The summed E-state index contributed by atoms with van der Waals surface area (Å²) in [6, 6.07) is 14.5. The quantitative estimate of drug-likeness (QED) is 0.436. The van der Waals surface area contributed by atoms with Crippen LogP contribution in [0.1, 0.15) is 28.2 Å². The maximum atomic E-state index is 15.0. The minimum Gasteiger partial charge on any atom is -0.504 e. The van der Waals surface area contributed by atoms with Crippen molar-refractivity contribution in [3.63, 3.8) is 0 Å². The van der Waals surface area contributed by atoms with Crippen LogP contribution in [0.2, 0.25) is 0 Å². The first kappa shape index (κ1) is 22.1. The van der Waals surface area contributed by atoms with E-state index in [4.69, 9.17) is 4.74 Å². The van der Waals surface area contributed by atoms with Crippen molar-refractivity contribution >= 4 is 11.5 Å². The third kappa shape index (κ3) is 4.72. The lowest BCUT2D eigenvalue weighted by molar-refractivity contribution is 0.271. The Kier molecular flexibility index (Phi) is 6.12. The molecule has 0 aliphatic carbocycles. The molecule has 2 aromatic carbocycles. The second kappa shape index (κ2) is 9.15. The number of H-pyrrole nitrogens is 1. The van der Waals surface area contributed by atoms with Crippen LogP contribution < -0.4 is 15.4 Å². The number of anilines is 2. The number of ether oxygens (including phenoxy) is 1. The van der Waals surface area contributed by atoms with Crippen molar-refractivity contribution in [1.29, 1.82) is 0 Å². The SMILES string of the molecule is Cc1cc(OCc2noc(=O)[nH]2)c(F)c(C)c1Cc1ccc(O)c(N(C)c2ccccc2)n1. The average molecular weight is 450 g/mol. The van der Waals surface area contributed by atoms with Crippen LogP contribution in [0, 0.1) is 19.7 Å². The number of hydrogen-bond donors (Lipinski definition) is 2. The van der Waals surface area contributed by atoms with Crippen molar-refractivity contribution in [2.45, 2.75) is 26.9 Å². The summed E-state index contributed by atoms with van der Waals surface area (Å²) in [5, 5.41) is 13.9. The van der Waals surface area contributed by atoms with Crippen molar-refractivity contribution in [3.05, 3.63) is 93.1 Å². The van der Waals surface area contributed by atoms with Gasteiger partial charge in [-0.1, -0.05) is 23.4 Å². The number of hydrogen-bond acceptors (Lipinski definition) is 7. The number of para-hydroxylation sites is 1. The Bertz CT molecular complexity index is 1330. The van der Waals surface area contributed by atoms with Crippen LogP contribution in [0.4, 0.5) is 15.9 Å². The van der Waals surface area contributed by atoms with Crippen LogP contribution in [0.25, 0.3) is 0 Å². The van der Waals surface area contributed by atoms with E-state index in [1.165, 1.54) is 0 Å². The molecule has 2 heterocycles. The predicted octanol–water partition coefficient (Wildman–Crippen LogP) is 4.16. The summed E-state index contributed by atoms with van der Waals surface area (Å²) >= 11 is 0. The summed E-state index contributed by atoms with van der Waals surface area (Å²) in [6.45, 7) is 3.42. The zero-order valence-corrected chi connectivity index (χ0v) is 18.4. The molecular formula is C24H23FN4O4. The smallest absolute Gasteiger partial charge is 0.439 e. The van der Waals surface area contributed by atoms with Gasteiger partial charge in [0, 0.05) is 24.8 Å². The first-order valence-corrected chi connectivity index (χ1v) is 10.3. The molecule has 0 radical (unpaired) electrons. The molecule has 0 amide bonds. The Hall–Kier alpha value is -4.14. The maximum Gasteiger partial charge on any atom is 0.439 e. The zero-order chi connectivity index (χ0) is 23.5. The second-order valence-corrected chi connectivity index (χ2v) is 7.66. The minimum absolute atomic E-state index is 0.0550. The van der Waals surface area contributed by atoms with Gasteiger partial charge in [0.2, 0.25) is 0 Å². The maximum absolute atomic E-state index is 15.0. The summed E-state index contributed by atoms with van der Waals surface area (Å²) in [5.41, 5.74) is 3.61. The lowest BCUT2D eigenvalue weighted by atomic mass is 9.97. The Morgan fingerprint density at radius 2 is 1.94 bits per heavy atom. The van der Waals surface area contributed by atoms with Crippen molar-refractivity contribution in [1.82, 2.24) is 15.1 Å². The fourth-order valence-electron chi connectivity index (χ4n) is 3.59. The highest BCUT2D eigenvalue weighted by Crippen LogP contribution is 2.32. The molecule has 0 saturated heterocycles. The monoisotopic (exact) mass is 450 g/mol. The van der Waals surface area contributed by atoms with Gasteiger partial charge in [0.05, 0.1) is 0 Å². The number of aryl methyl sites for hydroxylation is 1. The fraction of sp³-hybridized carbons (Fsp3) is 0.208. The molecule has 9 heteroatoms. The van der Waals surface area contributed by atoms with Crippen molar-refractivity contribution < 1.29 is 18.8 Å². The molecule has 170 valence electrons. The first-order chi connectivity index (χ1) is 15.8. The van der Waals surface area contributed by atoms with E-state index in [9.17, 15) is 9.90 Å². The number of rotatable bonds is 7. The van der Waals surface area contributed by atoms with E-state index in [0.29, 0.717) is 23.5 Å². The summed E-state index contributed by atoms with van der Waals surface area (Å²) in [4.78, 5) is 19.8. The third-order valence-electron chi connectivity index (χ3n) is 5.40. The van der Waals surface area contributed by atoms with Gasteiger partial charge >= 0.3 is 5.76 Å². The Morgan fingerprint density at radius 3 is 2.64 bits per heavy atom. The van der Waals surface area contributed by atoms with Gasteiger partial charge in [-0.05, 0) is 60.9 Å². The van der Waals surface area contributed by atoms with Crippen LogP contribution in [-0.2, 0) is 13.0 Å². The summed E-state index contributed by atoms with van der Waals surface area (Å²) in [5.74, 6) is -0.504. The molecule has 0 atom stereocenters. The van der Waals surface area contributed by atoms with Gasteiger partial charge in [0.25, 0.3) is 0 Å². The number of aromatic nitrogens is 3. The van der Waals surface area contributed by atoms with Gasteiger partial charge in [-0.15, -0.1) is 0 Å². The second-order valence-electron chi connectivity index (χ2n) is 7.66. The van der Waals surface area contributed by atoms with Crippen LogP contribution >= 0.6 is 0 Å². The third-order valence-corrected chi connectivity index (χ3v) is 5.40. The Morgan fingerprint density at radius 1 is 1.18 bits per heavy atom. The topological polar surface area (TPSA) is 104 Å². The molecule has 0 aliphatic rings. The number of benzene rings is 2. The minimum atomic E-state index is -0.699. The molecular weight excluding hydrogens is 427 g/mol. The van der Waals surface area contributed by atoms with Crippen LogP contribution in [0.5, 0.6) is 11.5 Å². The van der Waals surface area contributed by atoms with Crippen LogP contribution in [0.15, 0.2) is 57.8 Å². The number of aromatic hydroxyl groups is 1. The van der Waals surface area contributed by atoms with Gasteiger partial charge in [-0.2, -0.15) is 0 Å². The normalized spacial score (nSPS) is 10.9. The molecule has 0 spiro atoms. The van der Waals surface area contributed by atoms with E-state index >= 15 is 4.39 Å². The predicted molar refractivity (Wildman–Crippen MR) is 121 cm³/mol. The van der Waals surface area contributed by atoms with Crippen LogP contribution in [-0.4, -0.2) is 27.3 Å². The molecule has 8 nitrogen and oxygen atoms in total. The highest BCUT2D eigenvalue weighted by Gasteiger charge is 2.18. The van der Waals surface area contributed by atoms with Crippen LogP contribution in [0.3, 0.4) is 0 Å². The molecule has 2 aromatic heterocycles. The van der Waals surface area contributed by atoms with Gasteiger partial charge in [0.1, 0.15) is 6.61 Å². The lowest BCUT2D eigenvalue weighted by Gasteiger charge is -2.20. The number of nitrogens with one attached hydrogen (secondary N) is 1. The van der Waals surface area contributed by atoms with Gasteiger partial charge in [-0.25, -0.2) is 14.2 Å². The van der Waals surface area contributed by atoms with Gasteiger partial charge < -0.3 is 14.7 Å². The molecule has 33 heavy (non-hydrogen) atoms. The fourth-order valence-corrected chi connectivity index (χ4v) is 3.59. The molecule has 4 rings (SSSR count). The average Bonchev–Trinajstić information content (AvgIpc) is 3.24. The number of aromatic amines is 1. The highest BCUT2D eigenvalue weighted by molar-refractivity contribution is 5.64. The summed E-state index contributed by atoms with van der Waals surface area (Å²) < 4.78 is 24.9. The van der Waals surface area contributed by atoms with E-state index in [1.807, 2.05) is 44.3 Å². The van der Waals surface area contributed by atoms with Crippen molar-refractivity contribution in [3.8, 4) is 11.5 Å². The van der Waals surface area contributed by atoms with Crippen molar-refractivity contribution in [2.24, 2.45) is 0 Å². The molecule has 0 fully saturated rings. The zero-order valence-electron chi connectivity index (χ0n) is 18.4. The molecule has 0 bridgehead atoms. The first-order valence-electron chi connectivity index (χ1n) is 10.3. The van der Waals surface area contributed by atoms with E-state index in [2.05, 4.69) is 19.6 Å². The number of halogens is 1. The number of nitrogens with zero attached hydrogens (tertiary/aromatic N) is 3. The molecule has 0 unspecified atom stereocenters. The molecule has 4 aromatic rings. The lowest BCUT2D eigenvalue weighted by Crippen LogP contribution is -2.12. The number of pyridine rings is 1. The molecule has 0 saturated carbocycles. The Balaban J connectivity index is 1.59. The van der Waals surface area contributed by atoms with Gasteiger partial charge in [0.15, 0.2) is 29.0 Å². The highest BCUT2D eigenvalue weighted by atomic mass is 19.1. The van der Waals surface area contributed by atoms with Crippen molar-refractivity contribution in [2.75, 3.05) is 11.9 Å². The summed E-state index contributed by atoms with van der Waals surface area (Å²) in [6.07, 6.45) is 0.376. The molecule has 2 N–H and O–H groups in total. The van der Waals surface area contributed by atoms with E-state index in [1.54, 1.807) is 30.0 Å². The Labute approximate surface area is 189 Å². The summed E-state index contributed by atoms with van der Waals surface area (Å²) in [7, 11) is 1.82. The largest absolute Gasteiger partial charge is 0.504 e. The molecule has 0 aliphatic heterocycles.